The predicted molar refractivity (Wildman–Crippen MR) is 99.8 cm³/mol. The van der Waals surface area contributed by atoms with Gasteiger partial charge in [-0.3, -0.25) is 0 Å². The van der Waals surface area contributed by atoms with E-state index in [1.165, 1.54) is 0 Å². The van der Waals surface area contributed by atoms with Crippen LogP contribution in [0.15, 0.2) is 35.4 Å². The van der Waals surface area contributed by atoms with E-state index in [1.54, 1.807) is 38.1 Å². The number of nitrogens with zero attached hydrogens (tertiary/aromatic N) is 3. The van der Waals surface area contributed by atoms with Crippen molar-refractivity contribution >= 4 is 5.97 Å². The summed E-state index contributed by atoms with van der Waals surface area (Å²) in [4.78, 5) is 14.9. The molecule has 0 unspecified atom stereocenters. The van der Waals surface area contributed by atoms with Crippen molar-refractivity contribution in [1.29, 1.82) is 0 Å². The van der Waals surface area contributed by atoms with Gasteiger partial charge in [-0.1, -0.05) is 23.3 Å². The standard InChI is InChI=1S/C19H25N3O7/c1-19(2)28-15-13(11-26-17(24)12-7-4-3-5-8-12)27-18(14(23)16(15)29-19)25-10-6-9-21-22-20/h3-5,7-8,13-16,18,23H,6,9-11H2,1-2H3/t13-,14-,15+,16-,18+/m1/s1. The Morgan fingerprint density at radius 1 is 1.28 bits per heavy atom. The number of azide groups is 1. The zero-order valence-electron chi connectivity index (χ0n) is 16.3. The van der Waals surface area contributed by atoms with Crippen LogP contribution in [0.3, 0.4) is 0 Å². The largest absolute Gasteiger partial charge is 0.459 e. The molecule has 1 aromatic rings. The van der Waals surface area contributed by atoms with Gasteiger partial charge in [0, 0.05) is 18.1 Å². The zero-order valence-corrected chi connectivity index (χ0v) is 16.3. The SMILES string of the molecule is CC1(C)O[C@@H]2[C@@H](O)[C@@H](OCCCN=[N+]=[N-])O[C@H](COC(=O)c3ccccc3)[C@@H]2O1. The van der Waals surface area contributed by atoms with Crippen molar-refractivity contribution in [3.05, 3.63) is 46.3 Å². The van der Waals surface area contributed by atoms with Crippen molar-refractivity contribution < 1.29 is 33.6 Å². The predicted octanol–water partition coefficient (Wildman–Crippen LogP) is 2.17. The summed E-state index contributed by atoms with van der Waals surface area (Å²) < 4.78 is 28.5. The number of rotatable bonds is 8. The summed E-state index contributed by atoms with van der Waals surface area (Å²) in [5, 5.41) is 14.0. The Morgan fingerprint density at radius 3 is 2.72 bits per heavy atom. The van der Waals surface area contributed by atoms with Crippen molar-refractivity contribution in [2.75, 3.05) is 19.8 Å². The van der Waals surface area contributed by atoms with Crippen LogP contribution < -0.4 is 0 Å². The summed E-state index contributed by atoms with van der Waals surface area (Å²) in [5.41, 5.74) is 8.74. The molecule has 10 heteroatoms. The fourth-order valence-electron chi connectivity index (χ4n) is 3.32. The van der Waals surface area contributed by atoms with E-state index >= 15 is 0 Å². The lowest BCUT2D eigenvalue weighted by molar-refractivity contribution is -0.281. The third-order valence-corrected chi connectivity index (χ3v) is 4.59. The molecule has 1 aromatic carbocycles. The van der Waals surface area contributed by atoms with Gasteiger partial charge in [0.05, 0.1) is 5.56 Å². The molecule has 2 saturated heterocycles. The van der Waals surface area contributed by atoms with Gasteiger partial charge in [-0.25, -0.2) is 4.79 Å². The quantitative estimate of drug-likeness (QED) is 0.230. The van der Waals surface area contributed by atoms with Crippen LogP contribution in [0.5, 0.6) is 0 Å². The lowest BCUT2D eigenvalue weighted by Crippen LogP contribution is -2.58. The fraction of sp³-hybridized carbons (Fsp3) is 0.632. The molecule has 29 heavy (non-hydrogen) atoms. The lowest BCUT2D eigenvalue weighted by atomic mass is 9.99. The van der Waals surface area contributed by atoms with E-state index < -0.39 is 42.5 Å². The molecule has 2 aliphatic rings. The van der Waals surface area contributed by atoms with Gasteiger partial charge < -0.3 is 28.8 Å². The second-order valence-corrected chi connectivity index (χ2v) is 7.24. The Bertz CT molecular complexity index is 739. The molecule has 2 fully saturated rings. The van der Waals surface area contributed by atoms with Crippen molar-refractivity contribution in [2.24, 2.45) is 5.11 Å². The molecule has 0 saturated carbocycles. The van der Waals surface area contributed by atoms with Crippen LogP contribution in [0.1, 0.15) is 30.6 Å². The average molecular weight is 407 g/mol. The first-order valence-electron chi connectivity index (χ1n) is 9.45. The van der Waals surface area contributed by atoms with Crippen LogP contribution in [-0.4, -0.2) is 67.3 Å². The molecule has 1 N–H and O–H groups in total. The van der Waals surface area contributed by atoms with Crippen LogP contribution in [-0.2, 0) is 23.7 Å². The van der Waals surface area contributed by atoms with Crippen LogP contribution in [0.25, 0.3) is 10.4 Å². The first-order chi connectivity index (χ1) is 13.9. The number of carbonyl (C=O) groups excluding carboxylic acids is 1. The normalized spacial score (nSPS) is 30.2. The van der Waals surface area contributed by atoms with Gasteiger partial charge in [-0.2, -0.15) is 0 Å². The Hall–Kier alpha value is -2.20. The number of fused-ring (bicyclic) bond motifs is 1. The molecule has 0 bridgehead atoms. The second-order valence-electron chi connectivity index (χ2n) is 7.24. The Balaban J connectivity index is 1.63. The number of hydrogen-bond donors (Lipinski definition) is 1. The highest BCUT2D eigenvalue weighted by Gasteiger charge is 2.55. The van der Waals surface area contributed by atoms with Gasteiger partial charge in [-0.05, 0) is 37.9 Å². The van der Waals surface area contributed by atoms with E-state index in [0.717, 1.165) is 0 Å². The summed E-state index contributed by atoms with van der Waals surface area (Å²) in [6.07, 6.45) is -3.59. The number of aliphatic hydroxyl groups excluding tert-OH is 1. The van der Waals surface area contributed by atoms with E-state index in [1.807, 2.05) is 6.07 Å². The van der Waals surface area contributed by atoms with Gasteiger partial charge >= 0.3 is 5.97 Å². The summed E-state index contributed by atoms with van der Waals surface area (Å²) in [5.74, 6) is -1.40. The average Bonchev–Trinajstić information content (AvgIpc) is 3.04. The molecular formula is C19H25N3O7. The van der Waals surface area contributed by atoms with Gasteiger partial charge in [0.1, 0.15) is 31.0 Å². The van der Waals surface area contributed by atoms with E-state index in [2.05, 4.69) is 10.0 Å². The highest BCUT2D eigenvalue weighted by Crippen LogP contribution is 2.38. The molecule has 2 aliphatic heterocycles. The molecule has 2 heterocycles. The number of benzene rings is 1. The van der Waals surface area contributed by atoms with Crippen molar-refractivity contribution in [3.8, 4) is 0 Å². The van der Waals surface area contributed by atoms with E-state index in [9.17, 15) is 9.90 Å². The smallest absolute Gasteiger partial charge is 0.338 e. The first kappa shape index (κ1) is 21.5. The first-order valence-corrected chi connectivity index (χ1v) is 9.45. The van der Waals surface area contributed by atoms with Gasteiger partial charge in [0.25, 0.3) is 0 Å². The van der Waals surface area contributed by atoms with Crippen LogP contribution in [0.2, 0.25) is 0 Å². The number of carbonyl (C=O) groups is 1. The maximum Gasteiger partial charge on any atom is 0.338 e. The number of esters is 1. The third kappa shape index (κ3) is 5.45. The fourth-order valence-corrected chi connectivity index (χ4v) is 3.32. The maximum atomic E-state index is 12.3. The minimum Gasteiger partial charge on any atom is -0.459 e. The molecular weight excluding hydrogens is 382 g/mol. The molecule has 158 valence electrons. The molecule has 3 rings (SSSR count). The molecule has 10 nitrogen and oxygen atoms in total. The van der Waals surface area contributed by atoms with E-state index in [0.29, 0.717) is 12.0 Å². The van der Waals surface area contributed by atoms with Crippen LogP contribution in [0, 0.1) is 0 Å². The minimum atomic E-state index is -1.08. The molecule has 0 spiro atoms. The molecule has 0 aliphatic carbocycles. The van der Waals surface area contributed by atoms with Crippen LogP contribution >= 0.6 is 0 Å². The van der Waals surface area contributed by atoms with Gasteiger partial charge in [0.2, 0.25) is 0 Å². The second kappa shape index (κ2) is 9.53. The van der Waals surface area contributed by atoms with E-state index in [-0.39, 0.29) is 19.8 Å². The topological polar surface area (TPSA) is 132 Å². The minimum absolute atomic E-state index is 0.0837. The monoisotopic (exact) mass is 407 g/mol. The Labute approximate surface area is 168 Å². The highest BCUT2D eigenvalue weighted by molar-refractivity contribution is 5.89. The van der Waals surface area contributed by atoms with Crippen molar-refractivity contribution in [2.45, 2.75) is 56.8 Å². The third-order valence-electron chi connectivity index (χ3n) is 4.59. The van der Waals surface area contributed by atoms with Crippen molar-refractivity contribution in [1.82, 2.24) is 0 Å². The molecule has 0 aromatic heterocycles. The summed E-state index contributed by atoms with van der Waals surface area (Å²) in [6.45, 7) is 3.89. The Morgan fingerprint density at radius 2 is 2.00 bits per heavy atom. The molecule has 0 amide bonds. The zero-order chi connectivity index (χ0) is 20.9. The molecule has 5 atom stereocenters. The van der Waals surface area contributed by atoms with Gasteiger partial charge in [-0.15, -0.1) is 0 Å². The number of ether oxygens (including phenoxy) is 5. The van der Waals surface area contributed by atoms with Gasteiger partial charge in [0.15, 0.2) is 12.1 Å². The number of aliphatic hydroxyl groups is 1. The summed E-state index contributed by atoms with van der Waals surface area (Å²) in [7, 11) is 0. The lowest BCUT2D eigenvalue weighted by Gasteiger charge is -2.39. The molecule has 0 radical (unpaired) electrons. The maximum absolute atomic E-state index is 12.3. The summed E-state index contributed by atoms with van der Waals surface area (Å²) in [6, 6.07) is 8.62. The van der Waals surface area contributed by atoms with Crippen molar-refractivity contribution in [3.63, 3.8) is 0 Å². The number of hydrogen-bond acceptors (Lipinski definition) is 8. The highest BCUT2D eigenvalue weighted by atomic mass is 16.8. The van der Waals surface area contributed by atoms with Crippen LogP contribution in [0.4, 0.5) is 0 Å². The summed E-state index contributed by atoms with van der Waals surface area (Å²) >= 11 is 0. The Kier molecular flexibility index (Phi) is 7.07. The van der Waals surface area contributed by atoms with E-state index in [4.69, 9.17) is 29.2 Å².